The topological polar surface area (TPSA) is 29.1 Å². The molecular weight excluding hydrogens is 265 g/mol. The van der Waals surface area contributed by atoms with E-state index in [1.807, 2.05) is 19.1 Å². The van der Waals surface area contributed by atoms with Gasteiger partial charge in [0.1, 0.15) is 0 Å². The zero-order valence-electron chi connectivity index (χ0n) is 7.81. The first-order chi connectivity index (χ1) is 6.63. The molecular formula is C10H11BrClNO. The molecule has 4 heteroatoms. The maximum Gasteiger partial charge on any atom is 0.225 e. The molecule has 0 saturated carbocycles. The number of benzene rings is 1. The highest BCUT2D eigenvalue weighted by Gasteiger charge is 2.02. The van der Waals surface area contributed by atoms with Crippen molar-refractivity contribution in [2.24, 2.45) is 0 Å². The van der Waals surface area contributed by atoms with Gasteiger partial charge in [-0.1, -0.05) is 33.6 Å². The lowest BCUT2D eigenvalue weighted by Gasteiger charge is -2.05. The van der Waals surface area contributed by atoms with Crippen molar-refractivity contribution in [3.05, 3.63) is 28.8 Å². The minimum Gasteiger partial charge on any atom is -0.326 e. The van der Waals surface area contributed by atoms with Crippen molar-refractivity contribution in [1.82, 2.24) is 0 Å². The lowest BCUT2D eigenvalue weighted by molar-refractivity contribution is -0.115. The molecule has 0 radical (unpaired) electrons. The molecule has 0 aliphatic rings. The van der Waals surface area contributed by atoms with Crippen LogP contribution in [0, 0.1) is 6.92 Å². The van der Waals surface area contributed by atoms with Gasteiger partial charge in [0.25, 0.3) is 0 Å². The predicted octanol–water partition coefficient (Wildman–Crippen LogP) is 3.37. The summed E-state index contributed by atoms with van der Waals surface area (Å²) in [5, 5.41) is 4.09. The van der Waals surface area contributed by atoms with Crippen LogP contribution in [0.2, 0.25) is 5.02 Å². The second-order valence-corrected chi connectivity index (χ2v) is 4.15. The van der Waals surface area contributed by atoms with E-state index in [1.165, 1.54) is 0 Å². The molecule has 0 saturated heterocycles. The molecule has 0 unspecified atom stereocenters. The predicted molar refractivity (Wildman–Crippen MR) is 63.2 cm³/mol. The molecule has 0 aliphatic heterocycles. The molecule has 0 heterocycles. The van der Waals surface area contributed by atoms with E-state index in [0.29, 0.717) is 16.8 Å². The number of hydrogen-bond acceptors (Lipinski definition) is 1. The van der Waals surface area contributed by atoms with Crippen LogP contribution < -0.4 is 5.32 Å². The van der Waals surface area contributed by atoms with Gasteiger partial charge in [0, 0.05) is 22.5 Å². The fraction of sp³-hybridized carbons (Fsp3) is 0.300. The second-order valence-electron chi connectivity index (χ2n) is 2.95. The SMILES string of the molecule is Cc1ccc(NC(=O)CCBr)cc1Cl. The minimum atomic E-state index is -0.0122. The van der Waals surface area contributed by atoms with E-state index >= 15 is 0 Å². The van der Waals surface area contributed by atoms with Crippen molar-refractivity contribution in [2.75, 3.05) is 10.6 Å². The van der Waals surface area contributed by atoms with E-state index in [2.05, 4.69) is 21.2 Å². The van der Waals surface area contributed by atoms with Gasteiger partial charge in [0.05, 0.1) is 0 Å². The van der Waals surface area contributed by atoms with Crippen LogP contribution in [0.3, 0.4) is 0 Å². The maximum atomic E-state index is 11.2. The Balaban J connectivity index is 2.68. The Morgan fingerprint density at radius 3 is 2.86 bits per heavy atom. The zero-order valence-corrected chi connectivity index (χ0v) is 10.2. The summed E-state index contributed by atoms with van der Waals surface area (Å²) in [7, 11) is 0. The van der Waals surface area contributed by atoms with Crippen LogP contribution in [0.15, 0.2) is 18.2 Å². The van der Waals surface area contributed by atoms with E-state index in [1.54, 1.807) is 6.07 Å². The van der Waals surface area contributed by atoms with Gasteiger partial charge in [-0.2, -0.15) is 0 Å². The first-order valence-corrected chi connectivity index (χ1v) is 5.75. The number of alkyl halides is 1. The lowest BCUT2D eigenvalue weighted by Crippen LogP contribution is -2.11. The molecule has 1 N–H and O–H groups in total. The standard InChI is InChI=1S/C10H11BrClNO/c1-7-2-3-8(6-9(7)12)13-10(14)4-5-11/h2-3,6H,4-5H2,1H3,(H,13,14). The smallest absolute Gasteiger partial charge is 0.225 e. The van der Waals surface area contributed by atoms with Gasteiger partial charge in [-0.3, -0.25) is 4.79 Å². The Hall–Kier alpha value is -0.540. The van der Waals surface area contributed by atoms with Crippen LogP contribution in [-0.4, -0.2) is 11.2 Å². The molecule has 0 atom stereocenters. The van der Waals surface area contributed by atoms with Crippen molar-refractivity contribution in [3.63, 3.8) is 0 Å². The molecule has 1 aromatic rings. The normalized spacial score (nSPS) is 9.93. The van der Waals surface area contributed by atoms with E-state index in [-0.39, 0.29) is 5.91 Å². The van der Waals surface area contributed by atoms with Crippen molar-refractivity contribution in [1.29, 1.82) is 0 Å². The number of nitrogens with one attached hydrogen (secondary N) is 1. The fourth-order valence-corrected chi connectivity index (χ4v) is 1.52. The van der Waals surface area contributed by atoms with Crippen molar-refractivity contribution in [3.8, 4) is 0 Å². The van der Waals surface area contributed by atoms with Crippen LogP contribution >= 0.6 is 27.5 Å². The van der Waals surface area contributed by atoms with Crippen LogP contribution in [0.25, 0.3) is 0 Å². The zero-order chi connectivity index (χ0) is 10.6. The highest BCUT2D eigenvalue weighted by atomic mass is 79.9. The largest absolute Gasteiger partial charge is 0.326 e. The quantitative estimate of drug-likeness (QED) is 0.843. The van der Waals surface area contributed by atoms with Crippen molar-refractivity contribution in [2.45, 2.75) is 13.3 Å². The third kappa shape index (κ3) is 3.31. The number of amides is 1. The van der Waals surface area contributed by atoms with E-state index in [0.717, 1.165) is 11.3 Å². The summed E-state index contributed by atoms with van der Waals surface area (Å²) >= 11 is 9.12. The highest BCUT2D eigenvalue weighted by molar-refractivity contribution is 9.09. The molecule has 0 spiro atoms. The van der Waals surface area contributed by atoms with Crippen molar-refractivity contribution < 1.29 is 4.79 Å². The monoisotopic (exact) mass is 275 g/mol. The van der Waals surface area contributed by atoms with E-state index in [4.69, 9.17) is 11.6 Å². The Kier molecular flexibility index (Phi) is 4.42. The summed E-state index contributed by atoms with van der Waals surface area (Å²) in [6, 6.07) is 5.47. The summed E-state index contributed by atoms with van der Waals surface area (Å²) in [4.78, 5) is 11.2. The summed E-state index contributed by atoms with van der Waals surface area (Å²) in [5.74, 6) is -0.0122. The molecule has 1 aromatic carbocycles. The van der Waals surface area contributed by atoms with Gasteiger partial charge in [-0.25, -0.2) is 0 Å². The Morgan fingerprint density at radius 1 is 1.57 bits per heavy atom. The van der Waals surface area contributed by atoms with Crippen LogP contribution in [0.1, 0.15) is 12.0 Å². The molecule has 0 bridgehead atoms. The molecule has 2 nitrogen and oxygen atoms in total. The third-order valence-corrected chi connectivity index (χ3v) is 2.58. The molecule has 1 rings (SSSR count). The first-order valence-electron chi connectivity index (χ1n) is 4.25. The number of aryl methyl sites for hydroxylation is 1. The molecule has 76 valence electrons. The molecule has 14 heavy (non-hydrogen) atoms. The number of rotatable bonds is 3. The summed E-state index contributed by atoms with van der Waals surface area (Å²) < 4.78 is 0. The van der Waals surface area contributed by atoms with Crippen LogP contribution in [-0.2, 0) is 4.79 Å². The number of anilines is 1. The average molecular weight is 277 g/mol. The summed E-state index contributed by atoms with van der Waals surface area (Å²) in [6.45, 7) is 1.92. The van der Waals surface area contributed by atoms with E-state index < -0.39 is 0 Å². The van der Waals surface area contributed by atoms with Crippen molar-refractivity contribution >= 4 is 39.1 Å². The van der Waals surface area contributed by atoms with Gasteiger partial charge < -0.3 is 5.32 Å². The molecule has 0 fully saturated rings. The van der Waals surface area contributed by atoms with Crippen LogP contribution in [0.5, 0.6) is 0 Å². The second kappa shape index (κ2) is 5.37. The van der Waals surface area contributed by atoms with E-state index in [9.17, 15) is 4.79 Å². The number of hydrogen-bond donors (Lipinski definition) is 1. The van der Waals surface area contributed by atoms with Gasteiger partial charge in [0.2, 0.25) is 5.91 Å². The van der Waals surface area contributed by atoms with Gasteiger partial charge in [-0.15, -0.1) is 0 Å². The first kappa shape index (κ1) is 11.5. The molecule has 1 amide bonds. The maximum absolute atomic E-state index is 11.2. The number of carbonyl (C=O) groups is 1. The fourth-order valence-electron chi connectivity index (χ4n) is 0.980. The Morgan fingerprint density at radius 2 is 2.29 bits per heavy atom. The summed E-state index contributed by atoms with van der Waals surface area (Å²) in [5.41, 5.74) is 1.75. The highest BCUT2D eigenvalue weighted by Crippen LogP contribution is 2.19. The minimum absolute atomic E-state index is 0.0122. The summed E-state index contributed by atoms with van der Waals surface area (Å²) in [6.07, 6.45) is 0.464. The molecule has 0 aliphatic carbocycles. The number of halogens is 2. The van der Waals surface area contributed by atoms with Gasteiger partial charge >= 0.3 is 0 Å². The van der Waals surface area contributed by atoms with Crippen LogP contribution in [0.4, 0.5) is 5.69 Å². The Labute approximate surface area is 96.8 Å². The Bertz CT molecular complexity index is 341. The average Bonchev–Trinajstić information content (AvgIpc) is 2.12. The molecule has 0 aromatic heterocycles. The van der Waals surface area contributed by atoms with Gasteiger partial charge in [0.15, 0.2) is 0 Å². The third-order valence-electron chi connectivity index (χ3n) is 1.78. The lowest BCUT2D eigenvalue weighted by atomic mass is 10.2. The number of carbonyl (C=O) groups excluding carboxylic acids is 1. The van der Waals surface area contributed by atoms with Gasteiger partial charge in [-0.05, 0) is 24.6 Å².